The molecule has 1 fully saturated rings. The van der Waals surface area contributed by atoms with Gasteiger partial charge in [-0.05, 0) is 49.6 Å². The van der Waals surface area contributed by atoms with Crippen LogP contribution in [0.3, 0.4) is 0 Å². The monoisotopic (exact) mass is 432 g/mol. The number of methoxy groups -OCH3 is 3. The standard InChI is InChI=1S/C23H29ClN2O4/c1-15-6-5-7-19(16-8-11-20(28-2)22(12-16)30-4)26(15)14-23(27)25-17-9-10-18(24)21(13-17)29-3/h8-13,15,19H,5-7,14H2,1-4H3,(H,25,27)/t15-,19-/m0/s1. The van der Waals surface area contributed by atoms with Crippen LogP contribution in [0.25, 0.3) is 0 Å². The third-order valence-electron chi connectivity index (χ3n) is 5.62. The molecule has 7 heteroatoms. The molecule has 0 spiro atoms. The molecule has 1 heterocycles. The molecule has 1 aliphatic rings. The van der Waals surface area contributed by atoms with Gasteiger partial charge in [-0.25, -0.2) is 0 Å². The van der Waals surface area contributed by atoms with Crippen molar-refractivity contribution in [3.8, 4) is 17.2 Å². The molecule has 0 radical (unpaired) electrons. The molecule has 1 aliphatic heterocycles. The lowest BCUT2D eigenvalue weighted by Crippen LogP contribution is -2.44. The number of benzene rings is 2. The Labute approximate surface area is 183 Å². The lowest BCUT2D eigenvalue weighted by molar-refractivity contribution is -0.119. The normalized spacial score (nSPS) is 19.2. The molecule has 2 aromatic rings. The van der Waals surface area contributed by atoms with Gasteiger partial charge in [-0.15, -0.1) is 0 Å². The third kappa shape index (κ3) is 4.99. The van der Waals surface area contributed by atoms with Crippen molar-refractivity contribution < 1.29 is 19.0 Å². The number of piperidine rings is 1. The average molecular weight is 433 g/mol. The molecule has 6 nitrogen and oxygen atoms in total. The molecular weight excluding hydrogens is 404 g/mol. The van der Waals surface area contributed by atoms with Crippen molar-refractivity contribution >= 4 is 23.2 Å². The number of hydrogen-bond acceptors (Lipinski definition) is 5. The number of hydrogen-bond donors (Lipinski definition) is 1. The van der Waals surface area contributed by atoms with Crippen LogP contribution in [0.15, 0.2) is 36.4 Å². The summed E-state index contributed by atoms with van der Waals surface area (Å²) in [6.45, 7) is 2.47. The van der Waals surface area contributed by atoms with Gasteiger partial charge in [0.1, 0.15) is 5.75 Å². The van der Waals surface area contributed by atoms with Crippen LogP contribution in [0.2, 0.25) is 5.02 Å². The van der Waals surface area contributed by atoms with Gasteiger partial charge in [-0.3, -0.25) is 9.69 Å². The molecular formula is C23H29ClN2O4. The molecule has 0 unspecified atom stereocenters. The number of amides is 1. The van der Waals surface area contributed by atoms with Gasteiger partial charge in [0.05, 0.1) is 32.9 Å². The largest absolute Gasteiger partial charge is 0.495 e. The summed E-state index contributed by atoms with van der Waals surface area (Å²) in [5, 5.41) is 3.47. The van der Waals surface area contributed by atoms with Crippen LogP contribution in [-0.2, 0) is 4.79 Å². The predicted octanol–water partition coefficient (Wildman–Crippen LogP) is 4.92. The van der Waals surface area contributed by atoms with Crippen LogP contribution in [-0.4, -0.2) is 44.7 Å². The van der Waals surface area contributed by atoms with Crippen molar-refractivity contribution in [2.45, 2.75) is 38.3 Å². The highest BCUT2D eigenvalue weighted by molar-refractivity contribution is 6.32. The van der Waals surface area contributed by atoms with Crippen LogP contribution in [0.1, 0.15) is 37.8 Å². The zero-order valence-corrected chi connectivity index (χ0v) is 18.7. The van der Waals surface area contributed by atoms with Crippen molar-refractivity contribution in [1.29, 1.82) is 0 Å². The van der Waals surface area contributed by atoms with Crippen molar-refractivity contribution in [2.24, 2.45) is 0 Å². The summed E-state index contributed by atoms with van der Waals surface area (Å²) in [5.74, 6) is 1.86. The summed E-state index contributed by atoms with van der Waals surface area (Å²) in [7, 11) is 4.81. The van der Waals surface area contributed by atoms with E-state index in [1.807, 2.05) is 12.1 Å². The number of nitrogens with zero attached hydrogens (tertiary/aromatic N) is 1. The van der Waals surface area contributed by atoms with E-state index in [4.69, 9.17) is 25.8 Å². The highest BCUT2D eigenvalue weighted by atomic mass is 35.5. The van der Waals surface area contributed by atoms with E-state index in [0.717, 1.165) is 24.8 Å². The average Bonchev–Trinajstić information content (AvgIpc) is 2.76. The maximum Gasteiger partial charge on any atom is 0.238 e. The van der Waals surface area contributed by atoms with Gasteiger partial charge in [0.2, 0.25) is 5.91 Å². The van der Waals surface area contributed by atoms with Crippen LogP contribution in [0.5, 0.6) is 17.2 Å². The second-order valence-corrected chi connectivity index (χ2v) is 7.89. The SMILES string of the molecule is COc1cc(NC(=O)CN2[C@@H](C)CCC[C@H]2c2ccc(OC)c(OC)c2)ccc1Cl. The Hall–Kier alpha value is -2.44. The van der Waals surface area contributed by atoms with E-state index in [9.17, 15) is 4.79 Å². The van der Waals surface area contributed by atoms with Gasteiger partial charge < -0.3 is 19.5 Å². The van der Waals surface area contributed by atoms with E-state index >= 15 is 0 Å². The minimum atomic E-state index is -0.0707. The first-order valence-corrected chi connectivity index (χ1v) is 10.5. The van der Waals surface area contributed by atoms with Gasteiger partial charge in [0.15, 0.2) is 11.5 Å². The molecule has 0 aromatic heterocycles. The fraction of sp³-hybridized carbons (Fsp3) is 0.435. The molecule has 1 N–H and O–H groups in total. The lowest BCUT2D eigenvalue weighted by atomic mass is 9.91. The Kier molecular flexibility index (Phi) is 7.45. The Morgan fingerprint density at radius 2 is 1.77 bits per heavy atom. The van der Waals surface area contributed by atoms with Crippen LogP contribution in [0, 0.1) is 0 Å². The first kappa shape index (κ1) is 22.2. The highest BCUT2D eigenvalue weighted by Gasteiger charge is 2.31. The number of likely N-dealkylation sites (tertiary alicyclic amines) is 1. The van der Waals surface area contributed by atoms with Gasteiger partial charge >= 0.3 is 0 Å². The molecule has 0 saturated carbocycles. The number of carbonyl (C=O) groups excluding carboxylic acids is 1. The molecule has 162 valence electrons. The van der Waals surface area contributed by atoms with Crippen LogP contribution in [0.4, 0.5) is 5.69 Å². The minimum absolute atomic E-state index is 0.0707. The van der Waals surface area contributed by atoms with E-state index in [0.29, 0.717) is 40.5 Å². The van der Waals surface area contributed by atoms with E-state index in [1.165, 1.54) is 0 Å². The summed E-state index contributed by atoms with van der Waals surface area (Å²) < 4.78 is 16.1. The lowest BCUT2D eigenvalue weighted by Gasteiger charge is -2.40. The molecule has 2 aromatic carbocycles. The summed E-state index contributed by atoms with van der Waals surface area (Å²) in [4.78, 5) is 15.1. The quantitative estimate of drug-likeness (QED) is 0.672. The summed E-state index contributed by atoms with van der Waals surface area (Å²) >= 11 is 6.08. The van der Waals surface area contributed by atoms with Gasteiger partial charge in [-0.1, -0.05) is 24.1 Å². The fourth-order valence-corrected chi connectivity index (χ4v) is 4.23. The maximum atomic E-state index is 12.8. The first-order chi connectivity index (χ1) is 14.5. The first-order valence-electron chi connectivity index (χ1n) is 10.1. The van der Waals surface area contributed by atoms with Crippen molar-refractivity contribution in [3.05, 3.63) is 47.0 Å². The Morgan fingerprint density at radius 3 is 2.47 bits per heavy atom. The number of anilines is 1. The number of carbonyl (C=O) groups is 1. The van der Waals surface area contributed by atoms with Crippen molar-refractivity contribution in [2.75, 3.05) is 33.2 Å². The van der Waals surface area contributed by atoms with Crippen LogP contribution >= 0.6 is 11.6 Å². The summed E-state index contributed by atoms with van der Waals surface area (Å²) in [5.41, 5.74) is 1.79. The van der Waals surface area contributed by atoms with E-state index in [2.05, 4.69) is 23.2 Å². The van der Waals surface area contributed by atoms with Gasteiger partial charge in [-0.2, -0.15) is 0 Å². The van der Waals surface area contributed by atoms with Gasteiger partial charge in [0, 0.05) is 23.8 Å². The second-order valence-electron chi connectivity index (χ2n) is 7.48. The molecule has 0 bridgehead atoms. The smallest absolute Gasteiger partial charge is 0.238 e. The number of nitrogens with one attached hydrogen (secondary N) is 1. The fourth-order valence-electron chi connectivity index (χ4n) is 4.03. The Balaban J connectivity index is 1.77. The van der Waals surface area contributed by atoms with Gasteiger partial charge in [0.25, 0.3) is 0 Å². The molecule has 1 saturated heterocycles. The third-order valence-corrected chi connectivity index (χ3v) is 5.93. The minimum Gasteiger partial charge on any atom is -0.495 e. The molecule has 2 atom stereocenters. The highest BCUT2D eigenvalue weighted by Crippen LogP contribution is 2.38. The number of ether oxygens (including phenoxy) is 3. The molecule has 3 rings (SSSR count). The molecule has 0 aliphatic carbocycles. The maximum absolute atomic E-state index is 12.8. The molecule has 1 amide bonds. The molecule has 30 heavy (non-hydrogen) atoms. The predicted molar refractivity (Wildman–Crippen MR) is 119 cm³/mol. The zero-order valence-electron chi connectivity index (χ0n) is 17.9. The van der Waals surface area contributed by atoms with E-state index in [1.54, 1.807) is 39.5 Å². The number of halogens is 1. The summed E-state index contributed by atoms with van der Waals surface area (Å²) in [6.07, 6.45) is 3.17. The topological polar surface area (TPSA) is 60.0 Å². The second kappa shape index (κ2) is 10.0. The van der Waals surface area contributed by atoms with Crippen molar-refractivity contribution in [3.63, 3.8) is 0 Å². The summed E-state index contributed by atoms with van der Waals surface area (Å²) in [6, 6.07) is 11.6. The van der Waals surface area contributed by atoms with E-state index in [-0.39, 0.29) is 11.9 Å². The van der Waals surface area contributed by atoms with Crippen LogP contribution < -0.4 is 19.5 Å². The zero-order chi connectivity index (χ0) is 21.7. The Morgan fingerprint density at radius 1 is 1.03 bits per heavy atom. The Bertz CT molecular complexity index is 890. The number of rotatable bonds is 7. The van der Waals surface area contributed by atoms with E-state index < -0.39 is 0 Å². The van der Waals surface area contributed by atoms with Crippen molar-refractivity contribution in [1.82, 2.24) is 4.90 Å².